The molecule has 0 atom stereocenters. The molecule has 0 saturated carbocycles. The molecule has 0 unspecified atom stereocenters. The molecular formula is C14H15F3N4O2S. The van der Waals surface area contributed by atoms with Gasteiger partial charge in [-0.15, -0.1) is 16.9 Å². The van der Waals surface area contributed by atoms with E-state index < -0.39 is 18.7 Å². The number of nitrogens with zero attached hydrogens (tertiary/aromatic N) is 3. The highest BCUT2D eigenvalue weighted by molar-refractivity contribution is 7.99. The minimum absolute atomic E-state index is 0.0462. The van der Waals surface area contributed by atoms with E-state index in [2.05, 4.69) is 20.1 Å². The van der Waals surface area contributed by atoms with Crippen molar-refractivity contribution in [2.45, 2.75) is 18.0 Å². The summed E-state index contributed by atoms with van der Waals surface area (Å²) in [5.74, 6) is -0.0982. The molecule has 130 valence electrons. The van der Waals surface area contributed by atoms with Gasteiger partial charge in [-0.05, 0) is 17.9 Å². The lowest BCUT2D eigenvalue weighted by Crippen LogP contribution is -2.20. The first-order valence-corrected chi connectivity index (χ1v) is 7.91. The summed E-state index contributed by atoms with van der Waals surface area (Å²) in [6.45, 7) is 0.441. The van der Waals surface area contributed by atoms with Gasteiger partial charge in [-0.25, -0.2) is 4.98 Å². The molecule has 2 aromatic rings. The van der Waals surface area contributed by atoms with Crippen LogP contribution in [0.4, 0.5) is 18.9 Å². The van der Waals surface area contributed by atoms with E-state index in [1.54, 1.807) is 12.1 Å². The Bertz CT molecular complexity index is 718. The molecule has 0 radical (unpaired) electrons. The third-order valence-electron chi connectivity index (χ3n) is 2.70. The molecule has 0 saturated heterocycles. The van der Waals surface area contributed by atoms with Crippen molar-refractivity contribution in [3.63, 3.8) is 0 Å². The van der Waals surface area contributed by atoms with Crippen molar-refractivity contribution in [3.8, 4) is 5.88 Å². The van der Waals surface area contributed by atoms with Crippen molar-refractivity contribution in [3.05, 3.63) is 30.2 Å². The standard InChI is InChI=1S/C14H15F3N4O2S/c1-3-24-10-5-4-6-18-11(10)12(22)19-9-7-21(2)20-13(9)23-8-14(15,16)17/h4-7H,3,8H2,1-2H3,(H,19,22). The van der Waals surface area contributed by atoms with Crippen molar-refractivity contribution in [1.82, 2.24) is 14.8 Å². The molecule has 0 aliphatic rings. The fourth-order valence-corrected chi connectivity index (χ4v) is 2.59. The number of halogens is 3. The van der Waals surface area contributed by atoms with Gasteiger partial charge in [-0.2, -0.15) is 13.2 Å². The predicted octanol–water partition coefficient (Wildman–Crippen LogP) is 3.12. The second-order valence-electron chi connectivity index (χ2n) is 4.66. The van der Waals surface area contributed by atoms with E-state index in [0.29, 0.717) is 4.90 Å². The molecule has 0 bridgehead atoms. The summed E-state index contributed by atoms with van der Waals surface area (Å²) >= 11 is 1.44. The molecule has 0 fully saturated rings. The Hall–Kier alpha value is -2.23. The van der Waals surface area contributed by atoms with Crippen molar-refractivity contribution in [2.75, 3.05) is 17.7 Å². The maximum atomic E-state index is 12.4. The highest BCUT2D eigenvalue weighted by atomic mass is 32.2. The van der Waals surface area contributed by atoms with E-state index in [9.17, 15) is 18.0 Å². The monoisotopic (exact) mass is 360 g/mol. The van der Waals surface area contributed by atoms with Crippen LogP contribution in [0.3, 0.4) is 0 Å². The topological polar surface area (TPSA) is 69.0 Å². The van der Waals surface area contributed by atoms with Crippen molar-refractivity contribution >= 4 is 23.4 Å². The SMILES string of the molecule is CCSc1cccnc1C(=O)Nc1cn(C)nc1OCC(F)(F)F. The Morgan fingerprint density at radius 1 is 1.46 bits per heavy atom. The molecule has 2 heterocycles. The number of hydrogen-bond acceptors (Lipinski definition) is 5. The lowest BCUT2D eigenvalue weighted by Gasteiger charge is -2.10. The lowest BCUT2D eigenvalue weighted by molar-refractivity contribution is -0.154. The first-order chi connectivity index (χ1) is 11.3. The normalized spacial score (nSPS) is 11.4. The van der Waals surface area contributed by atoms with E-state index in [1.165, 1.54) is 35.9 Å². The molecule has 6 nitrogen and oxygen atoms in total. The minimum Gasteiger partial charge on any atom is -0.465 e. The van der Waals surface area contributed by atoms with Gasteiger partial charge < -0.3 is 10.1 Å². The lowest BCUT2D eigenvalue weighted by atomic mass is 10.3. The second kappa shape index (κ2) is 7.56. The van der Waals surface area contributed by atoms with E-state index in [4.69, 9.17) is 0 Å². The largest absolute Gasteiger partial charge is 0.465 e. The Balaban J connectivity index is 2.18. The van der Waals surface area contributed by atoms with Crippen LogP contribution in [0.5, 0.6) is 5.88 Å². The minimum atomic E-state index is -4.50. The zero-order chi connectivity index (χ0) is 17.7. The molecule has 0 aliphatic heterocycles. The highest BCUT2D eigenvalue weighted by Gasteiger charge is 2.30. The number of aromatic nitrogens is 3. The number of carbonyl (C=O) groups is 1. The van der Waals surface area contributed by atoms with Gasteiger partial charge in [0.25, 0.3) is 11.8 Å². The average Bonchev–Trinajstić information content (AvgIpc) is 2.85. The summed E-state index contributed by atoms with van der Waals surface area (Å²) < 4.78 is 42.7. The number of pyridine rings is 1. The molecule has 0 aromatic carbocycles. The molecule has 0 spiro atoms. The van der Waals surface area contributed by atoms with Crippen LogP contribution in [0, 0.1) is 0 Å². The number of carbonyl (C=O) groups excluding carboxylic acids is 1. The van der Waals surface area contributed by atoms with Crippen LogP contribution < -0.4 is 10.1 Å². The number of aryl methyl sites for hydroxylation is 1. The zero-order valence-electron chi connectivity index (χ0n) is 12.9. The number of nitrogens with one attached hydrogen (secondary N) is 1. The van der Waals surface area contributed by atoms with E-state index in [1.807, 2.05) is 6.92 Å². The number of amides is 1. The van der Waals surface area contributed by atoms with Crippen LogP contribution in [-0.4, -0.2) is 39.2 Å². The Morgan fingerprint density at radius 3 is 2.88 bits per heavy atom. The molecule has 0 aliphatic carbocycles. The maximum absolute atomic E-state index is 12.4. The molecule has 1 N–H and O–H groups in total. The maximum Gasteiger partial charge on any atom is 0.422 e. The van der Waals surface area contributed by atoms with Crippen molar-refractivity contribution < 1.29 is 22.7 Å². The summed E-state index contributed by atoms with van der Waals surface area (Å²) in [6, 6.07) is 3.46. The fraction of sp³-hybridized carbons (Fsp3) is 0.357. The number of ether oxygens (including phenoxy) is 1. The number of alkyl halides is 3. The smallest absolute Gasteiger partial charge is 0.422 e. The summed E-state index contributed by atoms with van der Waals surface area (Å²) in [4.78, 5) is 17.1. The summed E-state index contributed by atoms with van der Waals surface area (Å²) in [5.41, 5.74) is 0.236. The van der Waals surface area contributed by atoms with E-state index in [0.717, 1.165) is 5.75 Å². The van der Waals surface area contributed by atoms with Crippen LogP contribution >= 0.6 is 11.8 Å². The van der Waals surface area contributed by atoms with Gasteiger partial charge in [-0.1, -0.05) is 6.92 Å². The van der Waals surface area contributed by atoms with Crippen LogP contribution in [0.15, 0.2) is 29.4 Å². The van der Waals surface area contributed by atoms with E-state index in [-0.39, 0.29) is 17.3 Å². The zero-order valence-corrected chi connectivity index (χ0v) is 13.7. The van der Waals surface area contributed by atoms with Crippen LogP contribution in [0.1, 0.15) is 17.4 Å². The van der Waals surface area contributed by atoms with Crippen molar-refractivity contribution in [1.29, 1.82) is 0 Å². The van der Waals surface area contributed by atoms with E-state index >= 15 is 0 Å². The molecule has 10 heteroatoms. The summed E-state index contributed by atoms with van der Waals surface area (Å²) in [6.07, 6.45) is -1.66. The molecule has 2 rings (SSSR count). The van der Waals surface area contributed by atoms with Gasteiger partial charge in [0.05, 0.1) is 6.20 Å². The summed E-state index contributed by atoms with van der Waals surface area (Å²) in [7, 11) is 1.51. The molecule has 2 aromatic heterocycles. The molecular weight excluding hydrogens is 345 g/mol. The summed E-state index contributed by atoms with van der Waals surface area (Å²) in [5, 5.41) is 6.27. The average molecular weight is 360 g/mol. The van der Waals surface area contributed by atoms with Gasteiger partial charge in [0.2, 0.25) is 0 Å². The Morgan fingerprint density at radius 2 is 2.21 bits per heavy atom. The van der Waals surface area contributed by atoms with Gasteiger partial charge >= 0.3 is 6.18 Å². The second-order valence-corrected chi connectivity index (χ2v) is 5.97. The number of thioether (sulfide) groups is 1. The van der Waals surface area contributed by atoms with Gasteiger partial charge in [0.1, 0.15) is 11.4 Å². The predicted molar refractivity (Wildman–Crippen MR) is 83.3 cm³/mol. The van der Waals surface area contributed by atoms with Crippen LogP contribution in [0.25, 0.3) is 0 Å². The number of rotatable bonds is 6. The third kappa shape index (κ3) is 4.88. The van der Waals surface area contributed by atoms with Gasteiger partial charge in [0, 0.05) is 18.1 Å². The Kier molecular flexibility index (Phi) is 5.71. The quantitative estimate of drug-likeness (QED) is 0.802. The van der Waals surface area contributed by atoms with Gasteiger partial charge in [-0.3, -0.25) is 9.48 Å². The number of anilines is 1. The third-order valence-corrected chi connectivity index (χ3v) is 3.63. The molecule has 1 amide bonds. The van der Waals surface area contributed by atoms with Gasteiger partial charge in [0.15, 0.2) is 6.61 Å². The van der Waals surface area contributed by atoms with Crippen LogP contribution in [-0.2, 0) is 7.05 Å². The molecule has 24 heavy (non-hydrogen) atoms. The first kappa shape index (κ1) is 18.1. The fourth-order valence-electron chi connectivity index (χ4n) is 1.83. The highest BCUT2D eigenvalue weighted by Crippen LogP contribution is 2.26. The first-order valence-electron chi connectivity index (χ1n) is 6.92. The Labute approximate surface area is 140 Å². The van der Waals surface area contributed by atoms with Crippen molar-refractivity contribution in [2.24, 2.45) is 7.05 Å². The van der Waals surface area contributed by atoms with Crippen LogP contribution in [0.2, 0.25) is 0 Å². The number of hydrogen-bond donors (Lipinski definition) is 1.